The van der Waals surface area contributed by atoms with E-state index in [0.717, 1.165) is 70.0 Å². The van der Waals surface area contributed by atoms with E-state index in [-0.39, 0.29) is 5.75 Å². The number of hydrogen-bond acceptors (Lipinski definition) is 9. The lowest BCUT2D eigenvalue weighted by molar-refractivity contribution is 0.268. The van der Waals surface area contributed by atoms with E-state index in [1.807, 2.05) is 24.4 Å². The molecule has 3 aromatic rings. The van der Waals surface area contributed by atoms with Crippen LogP contribution in [0.15, 0.2) is 48.7 Å². The Labute approximate surface area is 217 Å². The Balaban J connectivity index is 1.19. The molecule has 1 aromatic carbocycles. The molecule has 9 nitrogen and oxygen atoms in total. The third-order valence-electron chi connectivity index (χ3n) is 7.57. The Morgan fingerprint density at radius 3 is 2.59 bits per heavy atom. The summed E-state index contributed by atoms with van der Waals surface area (Å²) in [5.74, 6) is 7.19. The number of phenolic OH excluding ortho intramolecular Hbond substituents is 1. The summed E-state index contributed by atoms with van der Waals surface area (Å²) in [6, 6.07) is 14.1. The number of aromatic nitrogens is 3. The lowest BCUT2D eigenvalue weighted by Gasteiger charge is -2.43. The highest BCUT2D eigenvalue weighted by Gasteiger charge is 2.40. The fraction of sp³-hybridized carbons (Fsp3) is 0.393. The van der Waals surface area contributed by atoms with Crippen molar-refractivity contribution in [1.29, 1.82) is 0 Å². The fourth-order valence-corrected chi connectivity index (χ4v) is 5.75. The van der Waals surface area contributed by atoms with Crippen LogP contribution in [0.1, 0.15) is 18.5 Å². The zero-order chi connectivity index (χ0) is 25.2. The monoisotopic (exact) mass is 496 g/mol. The quantitative estimate of drug-likeness (QED) is 0.467. The number of rotatable bonds is 4. The number of nitrogens with one attached hydrogen (secondary N) is 1. The van der Waals surface area contributed by atoms with Crippen LogP contribution in [0.2, 0.25) is 0 Å². The van der Waals surface area contributed by atoms with Crippen molar-refractivity contribution in [3.63, 3.8) is 0 Å². The average molecular weight is 497 g/mol. The lowest BCUT2D eigenvalue weighted by atomic mass is 10.1. The number of benzene rings is 1. The van der Waals surface area contributed by atoms with Gasteiger partial charge in [-0.2, -0.15) is 0 Å². The maximum Gasteiger partial charge on any atom is 0.169 e. The number of fused-ring (bicyclic) bond motifs is 2. The first kappa shape index (κ1) is 23.5. The van der Waals surface area contributed by atoms with E-state index >= 15 is 0 Å². The van der Waals surface area contributed by atoms with Gasteiger partial charge in [-0.05, 0) is 49.1 Å². The molecule has 3 fully saturated rings. The van der Waals surface area contributed by atoms with Crippen LogP contribution in [0.3, 0.4) is 0 Å². The molecule has 37 heavy (non-hydrogen) atoms. The van der Waals surface area contributed by atoms with Crippen molar-refractivity contribution in [3.8, 4) is 28.8 Å². The summed E-state index contributed by atoms with van der Waals surface area (Å²) in [5, 5.41) is 22.1. The van der Waals surface area contributed by atoms with E-state index in [1.54, 1.807) is 12.1 Å². The molecule has 2 atom stereocenters. The van der Waals surface area contributed by atoms with Crippen LogP contribution in [0.25, 0.3) is 11.3 Å². The van der Waals surface area contributed by atoms with Gasteiger partial charge in [0.15, 0.2) is 5.82 Å². The van der Waals surface area contributed by atoms with E-state index in [2.05, 4.69) is 59.2 Å². The van der Waals surface area contributed by atoms with Gasteiger partial charge in [-0.3, -0.25) is 4.90 Å². The first-order chi connectivity index (χ1) is 18.2. The predicted molar refractivity (Wildman–Crippen MR) is 145 cm³/mol. The molecule has 0 saturated carbocycles. The van der Waals surface area contributed by atoms with Crippen LogP contribution in [0, 0.1) is 11.8 Å². The highest BCUT2D eigenvalue weighted by Crippen LogP contribution is 2.38. The maximum absolute atomic E-state index is 10.3. The van der Waals surface area contributed by atoms with Gasteiger partial charge in [0.1, 0.15) is 11.4 Å². The first-order valence-corrected chi connectivity index (χ1v) is 13.0. The van der Waals surface area contributed by atoms with Gasteiger partial charge in [0, 0.05) is 68.8 Å². The molecule has 2 unspecified atom stereocenters. The zero-order valence-corrected chi connectivity index (χ0v) is 20.8. The number of pyridine rings is 1. The molecule has 0 radical (unpaired) electrons. The smallest absolute Gasteiger partial charge is 0.169 e. The van der Waals surface area contributed by atoms with Crippen molar-refractivity contribution < 1.29 is 5.11 Å². The number of nitrogens with two attached hydrogens (primary N) is 1. The molecule has 3 aliphatic rings. The Morgan fingerprint density at radius 1 is 1.03 bits per heavy atom. The normalized spacial score (nSPS) is 21.5. The second kappa shape index (κ2) is 10.2. The van der Waals surface area contributed by atoms with Gasteiger partial charge in [0.05, 0.1) is 17.9 Å². The molecule has 3 aliphatic heterocycles. The van der Waals surface area contributed by atoms with Crippen molar-refractivity contribution in [3.05, 3.63) is 54.4 Å². The van der Waals surface area contributed by atoms with Crippen LogP contribution >= 0.6 is 0 Å². The Bertz CT molecular complexity index is 1310. The summed E-state index contributed by atoms with van der Waals surface area (Å²) in [7, 11) is 0. The molecule has 0 spiro atoms. The Hall–Kier alpha value is -3.87. The van der Waals surface area contributed by atoms with Gasteiger partial charge in [0.2, 0.25) is 0 Å². The third-order valence-corrected chi connectivity index (χ3v) is 7.57. The standard InChI is InChI=1S/C28H32N8O/c29-28-26(17-25(32-33-28)24-5-1-2-6-27(24)37)35-18-22-7-8-23(19-35)36(22)21-9-10-31-20(16-21)4-3-13-34-14-11-30-12-15-34/h1-2,5-6,9-10,16-17,22-23,30,37H,7-8,11-15,18-19H2,(H2,29,33). The molecule has 0 amide bonds. The van der Waals surface area contributed by atoms with Gasteiger partial charge < -0.3 is 26.0 Å². The molecule has 190 valence electrons. The van der Waals surface area contributed by atoms with Gasteiger partial charge in [-0.25, -0.2) is 4.98 Å². The van der Waals surface area contributed by atoms with Crippen molar-refractivity contribution in [2.75, 3.05) is 61.3 Å². The summed E-state index contributed by atoms with van der Waals surface area (Å²) in [4.78, 5) is 11.7. The van der Waals surface area contributed by atoms with Crippen molar-refractivity contribution in [1.82, 2.24) is 25.4 Å². The summed E-state index contributed by atoms with van der Waals surface area (Å²) < 4.78 is 0. The molecule has 6 rings (SSSR count). The molecule has 2 bridgehead atoms. The molecule has 9 heteroatoms. The molecular weight excluding hydrogens is 464 g/mol. The van der Waals surface area contributed by atoms with E-state index in [1.165, 1.54) is 5.69 Å². The van der Waals surface area contributed by atoms with Crippen molar-refractivity contribution >= 4 is 17.2 Å². The van der Waals surface area contributed by atoms with Crippen LogP contribution in [0.5, 0.6) is 5.75 Å². The minimum absolute atomic E-state index is 0.182. The second-order valence-electron chi connectivity index (χ2n) is 9.94. The summed E-state index contributed by atoms with van der Waals surface area (Å²) in [5.41, 5.74) is 10.4. The van der Waals surface area contributed by atoms with Crippen molar-refractivity contribution in [2.24, 2.45) is 0 Å². The number of aromatic hydroxyl groups is 1. The summed E-state index contributed by atoms with van der Waals surface area (Å²) >= 11 is 0. The zero-order valence-electron chi connectivity index (χ0n) is 20.8. The van der Waals surface area contributed by atoms with E-state index in [4.69, 9.17) is 5.73 Å². The number of anilines is 3. The van der Waals surface area contributed by atoms with Crippen molar-refractivity contribution in [2.45, 2.75) is 24.9 Å². The maximum atomic E-state index is 10.3. The van der Waals surface area contributed by atoms with Gasteiger partial charge in [0.25, 0.3) is 0 Å². The second-order valence-corrected chi connectivity index (χ2v) is 9.94. The molecule has 4 N–H and O–H groups in total. The number of phenols is 1. The number of nitrogen functional groups attached to an aromatic ring is 1. The van der Waals surface area contributed by atoms with E-state index in [9.17, 15) is 5.11 Å². The Kier molecular flexibility index (Phi) is 6.51. The minimum atomic E-state index is 0.182. The summed E-state index contributed by atoms with van der Waals surface area (Å²) in [6.07, 6.45) is 4.12. The highest BCUT2D eigenvalue weighted by atomic mass is 16.3. The highest BCUT2D eigenvalue weighted by molar-refractivity contribution is 5.74. The molecule has 0 aliphatic carbocycles. The van der Waals surface area contributed by atoms with Crippen LogP contribution in [-0.4, -0.2) is 83.1 Å². The number of hydrogen-bond donors (Lipinski definition) is 3. The van der Waals surface area contributed by atoms with E-state index in [0.29, 0.717) is 29.2 Å². The van der Waals surface area contributed by atoms with Gasteiger partial charge in [-0.1, -0.05) is 18.1 Å². The van der Waals surface area contributed by atoms with Crippen LogP contribution in [0.4, 0.5) is 17.2 Å². The fourth-order valence-electron chi connectivity index (χ4n) is 5.75. The van der Waals surface area contributed by atoms with Gasteiger partial charge >= 0.3 is 0 Å². The first-order valence-electron chi connectivity index (χ1n) is 13.0. The largest absolute Gasteiger partial charge is 0.507 e. The third kappa shape index (κ3) is 4.90. The Morgan fingerprint density at radius 2 is 1.81 bits per heavy atom. The average Bonchev–Trinajstić information content (AvgIpc) is 3.19. The number of piperazine rings is 2. The topological polar surface area (TPSA) is 107 Å². The van der Waals surface area contributed by atoms with Crippen LogP contribution < -0.4 is 20.9 Å². The van der Waals surface area contributed by atoms with Crippen LogP contribution in [-0.2, 0) is 0 Å². The summed E-state index contributed by atoms with van der Waals surface area (Å²) in [6.45, 7) is 6.62. The van der Waals surface area contributed by atoms with Gasteiger partial charge in [-0.15, -0.1) is 10.2 Å². The molecule has 5 heterocycles. The molecular formula is C28H32N8O. The molecule has 3 saturated heterocycles. The lowest BCUT2D eigenvalue weighted by Crippen LogP contribution is -2.54. The molecule has 2 aromatic heterocycles. The predicted octanol–water partition coefficient (Wildman–Crippen LogP) is 1.94. The number of para-hydroxylation sites is 1. The number of nitrogens with zero attached hydrogens (tertiary/aromatic N) is 6. The SMILES string of the molecule is Nc1nnc(-c2ccccc2O)cc1N1CC2CCC(C1)N2c1ccnc(C#CCN2CCNCC2)c1. The van der Waals surface area contributed by atoms with E-state index < -0.39 is 0 Å². The minimum Gasteiger partial charge on any atom is -0.507 e.